The van der Waals surface area contributed by atoms with Crippen LogP contribution in [-0.2, 0) is 9.53 Å². The van der Waals surface area contributed by atoms with Crippen molar-refractivity contribution in [3.8, 4) is 5.75 Å². The van der Waals surface area contributed by atoms with Gasteiger partial charge in [0.25, 0.3) is 0 Å². The molecule has 7 nitrogen and oxygen atoms in total. The number of para-hydroxylation sites is 1. The zero-order valence-corrected chi connectivity index (χ0v) is 15.6. The summed E-state index contributed by atoms with van der Waals surface area (Å²) in [7, 11) is 1.61. The van der Waals surface area contributed by atoms with Gasteiger partial charge in [-0.05, 0) is 32.8 Å². The molecule has 1 saturated heterocycles. The molecule has 2 rings (SSSR count). The van der Waals surface area contributed by atoms with Gasteiger partial charge in [-0.1, -0.05) is 18.2 Å². The van der Waals surface area contributed by atoms with Crippen molar-refractivity contribution in [2.24, 2.45) is 5.92 Å². The number of ether oxygens (including phenoxy) is 2. The van der Waals surface area contributed by atoms with E-state index in [1.807, 2.05) is 38.1 Å². The fourth-order valence-electron chi connectivity index (χ4n) is 3.11. The van der Waals surface area contributed by atoms with Crippen LogP contribution in [0, 0.1) is 5.92 Å². The number of carboxylic acids is 1. The van der Waals surface area contributed by atoms with E-state index in [9.17, 15) is 9.59 Å². The monoisotopic (exact) mass is 364 g/mol. The van der Waals surface area contributed by atoms with Crippen molar-refractivity contribution in [1.82, 2.24) is 10.2 Å². The van der Waals surface area contributed by atoms with Gasteiger partial charge in [0, 0.05) is 25.2 Å². The molecule has 1 unspecified atom stereocenters. The molecule has 1 aromatic rings. The maximum absolute atomic E-state index is 12.4. The third-order valence-corrected chi connectivity index (χ3v) is 4.49. The average molecular weight is 364 g/mol. The molecule has 1 aliphatic rings. The second kappa shape index (κ2) is 9.43. The summed E-state index contributed by atoms with van der Waals surface area (Å²) in [6.07, 6.45) is 0.641. The number of carboxylic acid groups (broad SMARTS) is 1. The molecule has 2 amide bonds. The van der Waals surface area contributed by atoms with E-state index in [1.54, 1.807) is 12.0 Å². The Morgan fingerprint density at radius 1 is 1.27 bits per heavy atom. The van der Waals surface area contributed by atoms with Gasteiger partial charge in [-0.15, -0.1) is 0 Å². The molecule has 1 atom stereocenters. The number of nitrogens with zero attached hydrogens (tertiary/aromatic N) is 1. The number of urea groups is 1. The third-order valence-electron chi connectivity index (χ3n) is 4.49. The van der Waals surface area contributed by atoms with Crippen molar-refractivity contribution in [2.45, 2.75) is 38.9 Å². The first-order valence-electron chi connectivity index (χ1n) is 8.96. The summed E-state index contributed by atoms with van der Waals surface area (Å²) in [6, 6.07) is 7.40. The van der Waals surface area contributed by atoms with E-state index in [4.69, 9.17) is 14.6 Å². The Morgan fingerprint density at radius 2 is 1.92 bits per heavy atom. The molecule has 144 valence electrons. The van der Waals surface area contributed by atoms with Gasteiger partial charge in [0.1, 0.15) is 11.9 Å². The summed E-state index contributed by atoms with van der Waals surface area (Å²) >= 11 is 0. The Labute approximate surface area is 154 Å². The van der Waals surface area contributed by atoms with E-state index in [0.717, 1.165) is 11.3 Å². The summed E-state index contributed by atoms with van der Waals surface area (Å²) in [5.74, 6) is -0.425. The number of piperidine rings is 1. The van der Waals surface area contributed by atoms with Gasteiger partial charge < -0.3 is 24.8 Å². The molecule has 26 heavy (non-hydrogen) atoms. The number of likely N-dealkylation sites (tertiary alicyclic amines) is 1. The van der Waals surface area contributed by atoms with Gasteiger partial charge in [0.2, 0.25) is 0 Å². The lowest BCUT2D eigenvalue weighted by atomic mass is 9.97. The van der Waals surface area contributed by atoms with Crippen LogP contribution >= 0.6 is 0 Å². The predicted octanol–water partition coefficient (Wildman–Crippen LogP) is 2.67. The Morgan fingerprint density at radius 3 is 2.50 bits per heavy atom. The molecule has 1 aromatic carbocycles. The molecule has 0 aliphatic carbocycles. The molecule has 1 heterocycles. The summed E-state index contributed by atoms with van der Waals surface area (Å²) in [6.45, 7) is 5.11. The Balaban J connectivity index is 1.97. The van der Waals surface area contributed by atoms with Gasteiger partial charge in [0.05, 0.1) is 19.1 Å². The molecule has 0 spiro atoms. The highest BCUT2D eigenvalue weighted by molar-refractivity contribution is 5.75. The number of amides is 2. The number of rotatable bonds is 7. The molecule has 0 saturated carbocycles. The van der Waals surface area contributed by atoms with Crippen LogP contribution in [0.25, 0.3) is 0 Å². The normalized spacial score (nSPS) is 16.4. The van der Waals surface area contributed by atoms with Crippen LogP contribution in [0.5, 0.6) is 5.75 Å². The number of carbonyl (C=O) groups excluding carboxylic acids is 1. The van der Waals surface area contributed by atoms with Crippen LogP contribution in [0.1, 0.15) is 38.4 Å². The zero-order valence-electron chi connectivity index (χ0n) is 15.6. The van der Waals surface area contributed by atoms with Crippen LogP contribution in [0.15, 0.2) is 24.3 Å². The van der Waals surface area contributed by atoms with E-state index in [-0.39, 0.29) is 24.2 Å². The topological polar surface area (TPSA) is 88.1 Å². The molecule has 7 heteroatoms. The minimum atomic E-state index is -0.786. The van der Waals surface area contributed by atoms with Crippen LogP contribution in [0.3, 0.4) is 0 Å². The van der Waals surface area contributed by atoms with Gasteiger partial charge in [-0.3, -0.25) is 4.79 Å². The van der Waals surface area contributed by atoms with Crippen molar-refractivity contribution in [3.05, 3.63) is 29.8 Å². The summed E-state index contributed by atoms with van der Waals surface area (Å²) in [5, 5.41) is 12.0. The molecule has 0 bridgehead atoms. The van der Waals surface area contributed by atoms with Gasteiger partial charge in [0.15, 0.2) is 0 Å². The molecule has 0 aromatic heterocycles. The molecular weight excluding hydrogens is 336 g/mol. The molecule has 2 N–H and O–H groups in total. The summed E-state index contributed by atoms with van der Waals surface area (Å²) in [4.78, 5) is 25.1. The zero-order chi connectivity index (χ0) is 19.1. The highest BCUT2D eigenvalue weighted by Crippen LogP contribution is 2.28. The fraction of sp³-hybridized carbons (Fsp3) is 0.579. The predicted molar refractivity (Wildman–Crippen MR) is 97.3 cm³/mol. The van der Waals surface area contributed by atoms with E-state index in [2.05, 4.69) is 5.32 Å². The second-order valence-electron chi connectivity index (χ2n) is 6.70. The van der Waals surface area contributed by atoms with Crippen molar-refractivity contribution in [3.63, 3.8) is 0 Å². The number of nitrogens with one attached hydrogen (secondary N) is 1. The van der Waals surface area contributed by atoms with Crippen LogP contribution in [-0.4, -0.2) is 54.9 Å². The van der Waals surface area contributed by atoms with Gasteiger partial charge in [-0.25, -0.2) is 4.79 Å². The first kappa shape index (κ1) is 20.0. The first-order chi connectivity index (χ1) is 12.4. The fourth-order valence-corrected chi connectivity index (χ4v) is 3.11. The van der Waals surface area contributed by atoms with Crippen molar-refractivity contribution < 1.29 is 24.2 Å². The van der Waals surface area contributed by atoms with Crippen LogP contribution in [0.4, 0.5) is 4.79 Å². The lowest BCUT2D eigenvalue weighted by molar-refractivity contribution is -0.143. The smallest absolute Gasteiger partial charge is 0.317 e. The highest BCUT2D eigenvalue weighted by atomic mass is 16.5. The maximum atomic E-state index is 12.4. The number of hydrogen-bond donors (Lipinski definition) is 2. The van der Waals surface area contributed by atoms with Crippen LogP contribution in [0.2, 0.25) is 0 Å². The second-order valence-corrected chi connectivity index (χ2v) is 6.70. The SMILES string of the molecule is COc1ccccc1C(CNC(=O)N1CCC(C(=O)O)CC1)OC(C)C. The van der Waals surface area contributed by atoms with Crippen molar-refractivity contribution in [2.75, 3.05) is 26.7 Å². The summed E-state index contributed by atoms with van der Waals surface area (Å²) < 4.78 is 11.4. The number of hydrogen-bond acceptors (Lipinski definition) is 4. The van der Waals surface area contributed by atoms with E-state index >= 15 is 0 Å². The minimum Gasteiger partial charge on any atom is -0.496 e. The maximum Gasteiger partial charge on any atom is 0.317 e. The third kappa shape index (κ3) is 5.36. The number of carbonyl (C=O) groups is 2. The average Bonchev–Trinajstić information content (AvgIpc) is 2.64. The van der Waals surface area contributed by atoms with E-state index in [1.165, 1.54) is 0 Å². The lowest BCUT2D eigenvalue weighted by Gasteiger charge is -2.31. The number of aliphatic carboxylic acids is 1. The number of methoxy groups -OCH3 is 1. The Kier molecular flexibility index (Phi) is 7.26. The highest BCUT2D eigenvalue weighted by Gasteiger charge is 2.27. The molecule has 1 aliphatic heterocycles. The Bertz CT molecular complexity index is 612. The summed E-state index contributed by atoms with van der Waals surface area (Å²) in [5.41, 5.74) is 0.883. The van der Waals surface area contributed by atoms with E-state index in [0.29, 0.717) is 32.5 Å². The van der Waals surface area contributed by atoms with E-state index < -0.39 is 5.97 Å². The number of benzene rings is 1. The molecule has 1 fully saturated rings. The largest absolute Gasteiger partial charge is 0.496 e. The molecule has 0 radical (unpaired) electrons. The van der Waals surface area contributed by atoms with Gasteiger partial charge >= 0.3 is 12.0 Å². The standard InChI is InChI=1S/C19H28N2O5/c1-13(2)26-17(15-6-4-5-7-16(15)25-3)12-20-19(24)21-10-8-14(9-11-21)18(22)23/h4-7,13-14,17H,8-12H2,1-3H3,(H,20,24)(H,22,23). The Hall–Kier alpha value is -2.28. The molecular formula is C19H28N2O5. The minimum absolute atomic E-state index is 0.00637. The van der Waals surface area contributed by atoms with Crippen LogP contribution < -0.4 is 10.1 Å². The quantitative estimate of drug-likeness (QED) is 0.777. The first-order valence-corrected chi connectivity index (χ1v) is 8.96. The van der Waals surface area contributed by atoms with Crippen molar-refractivity contribution >= 4 is 12.0 Å². The van der Waals surface area contributed by atoms with Crippen molar-refractivity contribution in [1.29, 1.82) is 0 Å². The van der Waals surface area contributed by atoms with Gasteiger partial charge in [-0.2, -0.15) is 0 Å². The lowest BCUT2D eigenvalue weighted by Crippen LogP contribution is -2.46.